The van der Waals surface area contributed by atoms with E-state index in [9.17, 15) is 5.11 Å². The van der Waals surface area contributed by atoms with Crippen molar-refractivity contribution in [3.8, 4) is 0 Å². The van der Waals surface area contributed by atoms with Crippen molar-refractivity contribution in [2.24, 2.45) is 0 Å². The second kappa shape index (κ2) is 5.03. The summed E-state index contributed by atoms with van der Waals surface area (Å²) in [6.07, 6.45) is 2.67. The first kappa shape index (κ1) is 11.7. The van der Waals surface area contributed by atoms with Crippen LogP contribution in [-0.4, -0.2) is 16.3 Å². The molecule has 0 aliphatic heterocycles. The van der Waals surface area contributed by atoms with Crippen molar-refractivity contribution in [2.45, 2.75) is 11.3 Å². The molecule has 0 spiro atoms. The van der Waals surface area contributed by atoms with Gasteiger partial charge in [-0.3, -0.25) is 0 Å². The number of thioether (sulfide) groups is 1. The summed E-state index contributed by atoms with van der Waals surface area (Å²) >= 11 is 4.75. The monoisotopic (exact) mass is 299 g/mol. The Balaban J connectivity index is 2.24. The molecule has 0 saturated carbocycles. The third-order valence-electron chi connectivity index (χ3n) is 2.13. The van der Waals surface area contributed by atoms with Crippen molar-refractivity contribution in [3.05, 3.63) is 46.3 Å². The lowest BCUT2D eigenvalue weighted by molar-refractivity contribution is 0.182. The van der Waals surface area contributed by atoms with Gasteiger partial charge in [-0.15, -0.1) is 0 Å². The van der Waals surface area contributed by atoms with Crippen LogP contribution in [0.5, 0.6) is 0 Å². The second-order valence-electron chi connectivity index (χ2n) is 3.19. The minimum absolute atomic E-state index is 0.465. The van der Waals surface area contributed by atoms with Gasteiger partial charge in [0.1, 0.15) is 6.10 Å². The van der Waals surface area contributed by atoms with E-state index in [0.717, 1.165) is 10.0 Å². The van der Waals surface area contributed by atoms with Gasteiger partial charge >= 0.3 is 0 Å². The Morgan fingerprint density at radius 1 is 1.38 bits per heavy atom. The number of aromatic nitrogens is 1. The van der Waals surface area contributed by atoms with Crippen LogP contribution in [0, 0.1) is 0 Å². The average molecular weight is 300 g/mol. The van der Waals surface area contributed by atoms with Gasteiger partial charge in [-0.2, -0.15) is 0 Å². The third kappa shape index (κ3) is 2.48. The van der Waals surface area contributed by atoms with E-state index in [1.54, 1.807) is 6.20 Å². The first-order valence-electron chi connectivity index (χ1n) is 4.64. The van der Waals surface area contributed by atoms with E-state index in [1.807, 2.05) is 30.5 Å². The number of benzene rings is 1. The number of hydrogen-bond acceptors (Lipinski definition) is 4. The van der Waals surface area contributed by atoms with Crippen LogP contribution in [0.2, 0.25) is 0 Å². The molecular formula is C11H10BrNO2S. The number of oxazole rings is 1. The van der Waals surface area contributed by atoms with Crippen LogP contribution in [0.15, 0.2) is 44.6 Å². The van der Waals surface area contributed by atoms with E-state index in [0.29, 0.717) is 11.0 Å². The van der Waals surface area contributed by atoms with Crippen molar-refractivity contribution >= 4 is 27.7 Å². The first-order chi connectivity index (χ1) is 7.70. The summed E-state index contributed by atoms with van der Waals surface area (Å²) < 4.78 is 6.35. The summed E-state index contributed by atoms with van der Waals surface area (Å²) in [4.78, 5) is 4.03. The predicted molar refractivity (Wildman–Crippen MR) is 66.5 cm³/mol. The van der Waals surface area contributed by atoms with Crippen LogP contribution in [0.4, 0.5) is 0 Å². The summed E-state index contributed by atoms with van der Waals surface area (Å²) in [5.74, 6) is 0.465. The van der Waals surface area contributed by atoms with E-state index in [4.69, 9.17) is 4.42 Å². The summed E-state index contributed by atoms with van der Waals surface area (Å²) in [7, 11) is 0. The summed E-state index contributed by atoms with van der Waals surface area (Å²) in [6.45, 7) is 0. The SMILES string of the molecule is CSc1ncc(C(O)c2ccc(Br)cc2)o1. The molecule has 0 saturated heterocycles. The molecule has 0 aliphatic rings. The maximum atomic E-state index is 10.0. The normalized spacial score (nSPS) is 12.7. The van der Waals surface area contributed by atoms with Crippen molar-refractivity contribution in [1.82, 2.24) is 4.98 Å². The van der Waals surface area contributed by atoms with Gasteiger partial charge in [0.25, 0.3) is 5.22 Å². The summed E-state index contributed by atoms with van der Waals surface area (Å²) in [5, 5.41) is 10.6. The van der Waals surface area contributed by atoms with Crippen LogP contribution in [0.3, 0.4) is 0 Å². The van der Waals surface area contributed by atoms with Gasteiger partial charge in [0.15, 0.2) is 5.76 Å². The standard InChI is InChI=1S/C11H10BrNO2S/c1-16-11-13-6-9(15-11)10(14)7-2-4-8(12)5-3-7/h2-6,10,14H,1H3. The lowest BCUT2D eigenvalue weighted by atomic mass is 10.1. The molecule has 0 bridgehead atoms. The number of aliphatic hydroxyl groups is 1. The van der Waals surface area contributed by atoms with E-state index >= 15 is 0 Å². The number of rotatable bonds is 3. The van der Waals surface area contributed by atoms with Gasteiger partial charge in [-0.05, 0) is 24.0 Å². The van der Waals surface area contributed by atoms with Crippen molar-refractivity contribution in [2.75, 3.05) is 6.26 Å². The molecule has 1 N–H and O–H groups in total. The van der Waals surface area contributed by atoms with Gasteiger partial charge in [-0.25, -0.2) is 4.98 Å². The average Bonchev–Trinajstić information content (AvgIpc) is 2.77. The maximum Gasteiger partial charge on any atom is 0.255 e. The number of nitrogens with zero attached hydrogens (tertiary/aromatic N) is 1. The highest BCUT2D eigenvalue weighted by Crippen LogP contribution is 2.26. The highest BCUT2D eigenvalue weighted by molar-refractivity contribution is 9.10. The molecule has 3 nitrogen and oxygen atoms in total. The van der Waals surface area contributed by atoms with Crippen molar-refractivity contribution in [1.29, 1.82) is 0 Å². The van der Waals surface area contributed by atoms with Crippen molar-refractivity contribution in [3.63, 3.8) is 0 Å². The fourth-order valence-electron chi connectivity index (χ4n) is 1.30. The molecule has 1 unspecified atom stereocenters. The maximum absolute atomic E-state index is 10.0. The zero-order valence-corrected chi connectivity index (χ0v) is 11.0. The van der Waals surface area contributed by atoms with Gasteiger partial charge in [0, 0.05) is 4.47 Å². The number of aliphatic hydroxyl groups excluding tert-OH is 1. The molecule has 1 aromatic heterocycles. The largest absolute Gasteiger partial charge is 0.433 e. The fourth-order valence-corrected chi connectivity index (χ4v) is 1.90. The number of halogens is 1. The molecule has 1 heterocycles. The Bertz CT molecular complexity index is 469. The molecule has 84 valence electrons. The molecule has 5 heteroatoms. The highest BCUT2D eigenvalue weighted by Gasteiger charge is 2.15. The molecular weight excluding hydrogens is 290 g/mol. The highest BCUT2D eigenvalue weighted by atomic mass is 79.9. The predicted octanol–water partition coefficient (Wildman–Crippen LogP) is 3.24. The molecule has 0 radical (unpaired) electrons. The molecule has 0 amide bonds. The molecule has 2 aromatic rings. The fraction of sp³-hybridized carbons (Fsp3) is 0.182. The van der Waals surface area contributed by atoms with Crippen LogP contribution < -0.4 is 0 Å². The van der Waals surface area contributed by atoms with E-state index in [1.165, 1.54) is 11.8 Å². The van der Waals surface area contributed by atoms with E-state index in [-0.39, 0.29) is 0 Å². The molecule has 1 aromatic carbocycles. The van der Waals surface area contributed by atoms with Crippen molar-refractivity contribution < 1.29 is 9.52 Å². The molecule has 0 aliphatic carbocycles. The van der Waals surface area contributed by atoms with Crippen LogP contribution >= 0.6 is 27.7 Å². The number of hydrogen-bond donors (Lipinski definition) is 1. The second-order valence-corrected chi connectivity index (χ2v) is 4.86. The summed E-state index contributed by atoms with van der Waals surface area (Å²) in [5.41, 5.74) is 0.784. The van der Waals surface area contributed by atoms with Crippen LogP contribution in [-0.2, 0) is 0 Å². The van der Waals surface area contributed by atoms with E-state index in [2.05, 4.69) is 20.9 Å². The van der Waals surface area contributed by atoms with E-state index < -0.39 is 6.10 Å². The van der Waals surface area contributed by atoms with Crippen LogP contribution in [0.1, 0.15) is 17.4 Å². The molecule has 1 atom stereocenters. The minimum atomic E-state index is -0.763. The molecule has 16 heavy (non-hydrogen) atoms. The van der Waals surface area contributed by atoms with Crippen LogP contribution in [0.25, 0.3) is 0 Å². The lowest BCUT2D eigenvalue weighted by Crippen LogP contribution is -1.97. The quantitative estimate of drug-likeness (QED) is 0.884. The Hall–Kier alpha value is -0.780. The minimum Gasteiger partial charge on any atom is -0.433 e. The Morgan fingerprint density at radius 2 is 2.06 bits per heavy atom. The van der Waals surface area contributed by atoms with Gasteiger partial charge in [0.2, 0.25) is 0 Å². The van der Waals surface area contributed by atoms with Gasteiger partial charge in [-0.1, -0.05) is 39.8 Å². The van der Waals surface area contributed by atoms with Gasteiger partial charge < -0.3 is 9.52 Å². The summed E-state index contributed by atoms with van der Waals surface area (Å²) in [6, 6.07) is 7.45. The molecule has 0 fully saturated rings. The lowest BCUT2D eigenvalue weighted by Gasteiger charge is -2.07. The van der Waals surface area contributed by atoms with Gasteiger partial charge in [0.05, 0.1) is 6.20 Å². The first-order valence-corrected chi connectivity index (χ1v) is 6.65. The Morgan fingerprint density at radius 3 is 2.62 bits per heavy atom. The molecule has 2 rings (SSSR count). The topological polar surface area (TPSA) is 46.3 Å². The Labute approximate surface area is 106 Å². The Kier molecular flexibility index (Phi) is 3.68. The third-order valence-corrected chi connectivity index (χ3v) is 3.20. The smallest absolute Gasteiger partial charge is 0.255 e. The zero-order chi connectivity index (χ0) is 11.5. The zero-order valence-electron chi connectivity index (χ0n) is 8.55.